The Morgan fingerprint density at radius 3 is 2.22 bits per heavy atom. The van der Waals surface area contributed by atoms with Crippen molar-refractivity contribution in [1.29, 1.82) is 0 Å². The number of rotatable bonds is 4. The van der Waals surface area contributed by atoms with Gasteiger partial charge in [-0.1, -0.05) is 0 Å². The first-order valence-corrected chi connectivity index (χ1v) is 7.98. The number of aliphatic hydroxyl groups excluding tert-OH is 1. The number of ketones is 1. The standard InChI is InChI=1S/C19H16N2O6/c1-20-16(11-3-7-13(8-4-11)21(25)26)15(18(23)19(20)24)17(22)12-5-9-14(27-2)10-6-12/h3-10,16,22H,1-2H3/b17-15+/t16-/m0/s1. The second kappa shape index (κ2) is 6.91. The number of nitro groups is 1. The van der Waals surface area contributed by atoms with Crippen LogP contribution in [0.2, 0.25) is 0 Å². The first-order chi connectivity index (χ1) is 12.8. The van der Waals surface area contributed by atoms with Crippen molar-refractivity contribution in [2.24, 2.45) is 0 Å². The number of aliphatic hydroxyl groups is 1. The zero-order valence-corrected chi connectivity index (χ0v) is 14.6. The Morgan fingerprint density at radius 2 is 1.70 bits per heavy atom. The van der Waals surface area contributed by atoms with E-state index in [0.29, 0.717) is 16.9 Å². The Labute approximate surface area is 154 Å². The Bertz CT molecular complexity index is 947. The summed E-state index contributed by atoms with van der Waals surface area (Å²) in [6, 6.07) is 11.1. The number of hydrogen-bond acceptors (Lipinski definition) is 6. The van der Waals surface area contributed by atoms with E-state index in [2.05, 4.69) is 0 Å². The maximum Gasteiger partial charge on any atom is 0.295 e. The van der Waals surface area contributed by atoms with E-state index in [1.54, 1.807) is 24.3 Å². The number of amides is 1. The lowest BCUT2D eigenvalue weighted by molar-refractivity contribution is -0.384. The van der Waals surface area contributed by atoms with Gasteiger partial charge < -0.3 is 14.7 Å². The van der Waals surface area contributed by atoms with Gasteiger partial charge in [0.05, 0.1) is 23.6 Å². The topological polar surface area (TPSA) is 110 Å². The summed E-state index contributed by atoms with van der Waals surface area (Å²) in [6.45, 7) is 0. The van der Waals surface area contributed by atoms with Crippen LogP contribution in [-0.4, -0.2) is 40.8 Å². The maximum absolute atomic E-state index is 12.5. The van der Waals surface area contributed by atoms with Crippen molar-refractivity contribution in [3.05, 3.63) is 75.3 Å². The fourth-order valence-corrected chi connectivity index (χ4v) is 3.02. The first kappa shape index (κ1) is 18.1. The van der Waals surface area contributed by atoms with Gasteiger partial charge in [0.2, 0.25) is 0 Å². The first-order valence-electron chi connectivity index (χ1n) is 7.98. The van der Waals surface area contributed by atoms with Crippen molar-refractivity contribution < 1.29 is 24.4 Å². The molecular weight excluding hydrogens is 352 g/mol. The molecular formula is C19H16N2O6. The lowest BCUT2D eigenvalue weighted by Crippen LogP contribution is -2.24. The largest absolute Gasteiger partial charge is 0.507 e. The maximum atomic E-state index is 12.5. The smallest absolute Gasteiger partial charge is 0.295 e. The molecule has 1 amide bonds. The van der Waals surface area contributed by atoms with Crippen LogP contribution in [0.3, 0.4) is 0 Å². The molecule has 8 heteroatoms. The number of benzene rings is 2. The van der Waals surface area contributed by atoms with Crippen LogP contribution >= 0.6 is 0 Å². The lowest BCUT2D eigenvalue weighted by atomic mass is 9.95. The summed E-state index contributed by atoms with van der Waals surface area (Å²) in [5.74, 6) is -1.30. The average molecular weight is 368 g/mol. The summed E-state index contributed by atoms with van der Waals surface area (Å²) in [4.78, 5) is 36.2. The van der Waals surface area contributed by atoms with E-state index in [0.717, 1.165) is 0 Å². The molecule has 27 heavy (non-hydrogen) atoms. The molecule has 1 heterocycles. The Kier molecular flexibility index (Phi) is 4.64. The number of carbonyl (C=O) groups excluding carboxylic acids is 2. The van der Waals surface area contributed by atoms with Crippen LogP contribution in [0, 0.1) is 10.1 Å². The van der Waals surface area contributed by atoms with Crippen LogP contribution in [0.1, 0.15) is 17.2 Å². The van der Waals surface area contributed by atoms with Gasteiger partial charge in [0, 0.05) is 24.7 Å². The van der Waals surface area contributed by atoms with E-state index in [4.69, 9.17) is 4.74 Å². The summed E-state index contributed by atoms with van der Waals surface area (Å²) in [6.07, 6.45) is 0. The third-order valence-corrected chi connectivity index (χ3v) is 4.46. The molecule has 0 aromatic heterocycles. The molecule has 1 fully saturated rings. The van der Waals surface area contributed by atoms with Crippen molar-refractivity contribution in [2.45, 2.75) is 6.04 Å². The summed E-state index contributed by atoms with van der Waals surface area (Å²) in [5.41, 5.74) is 0.662. The van der Waals surface area contributed by atoms with Gasteiger partial charge in [0.25, 0.3) is 17.4 Å². The van der Waals surface area contributed by atoms with Gasteiger partial charge in [-0.2, -0.15) is 0 Å². The van der Waals surface area contributed by atoms with E-state index < -0.39 is 22.7 Å². The molecule has 3 rings (SSSR count). The predicted octanol–water partition coefficient (Wildman–Crippen LogP) is 2.65. The number of nitrogens with zero attached hydrogens (tertiary/aromatic N) is 2. The third-order valence-electron chi connectivity index (χ3n) is 4.46. The predicted molar refractivity (Wildman–Crippen MR) is 96.2 cm³/mol. The minimum atomic E-state index is -0.840. The Morgan fingerprint density at radius 1 is 1.11 bits per heavy atom. The van der Waals surface area contributed by atoms with Gasteiger partial charge in [0.1, 0.15) is 11.5 Å². The SMILES string of the molecule is COc1ccc(/C(O)=C2\C(=O)C(=O)N(C)[C@H]2c2ccc([N+](=O)[O-])cc2)cc1. The van der Waals surface area contributed by atoms with Gasteiger partial charge in [-0.15, -0.1) is 0 Å². The van der Waals surface area contributed by atoms with Gasteiger partial charge in [-0.25, -0.2) is 0 Å². The van der Waals surface area contributed by atoms with E-state index in [1.165, 1.54) is 43.3 Å². The van der Waals surface area contributed by atoms with Crippen LogP contribution in [0.5, 0.6) is 5.75 Å². The fourth-order valence-electron chi connectivity index (χ4n) is 3.02. The molecule has 8 nitrogen and oxygen atoms in total. The summed E-state index contributed by atoms with van der Waals surface area (Å²) < 4.78 is 5.07. The minimum absolute atomic E-state index is 0.0680. The van der Waals surface area contributed by atoms with Gasteiger partial charge in [-0.3, -0.25) is 19.7 Å². The van der Waals surface area contributed by atoms with E-state index in [9.17, 15) is 24.8 Å². The molecule has 138 valence electrons. The van der Waals surface area contributed by atoms with Crippen LogP contribution in [0.4, 0.5) is 5.69 Å². The van der Waals surface area contributed by atoms with Crippen LogP contribution in [-0.2, 0) is 9.59 Å². The molecule has 0 saturated carbocycles. The molecule has 0 spiro atoms. The molecule has 1 atom stereocenters. The molecule has 2 aromatic carbocycles. The van der Waals surface area contributed by atoms with Crippen molar-refractivity contribution in [2.75, 3.05) is 14.2 Å². The van der Waals surface area contributed by atoms with Gasteiger partial charge >= 0.3 is 0 Å². The Balaban J connectivity index is 2.10. The second-order valence-corrected chi connectivity index (χ2v) is 5.99. The summed E-state index contributed by atoms with van der Waals surface area (Å²) >= 11 is 0. The average Bonchev–Trinajstić information content (AvgIpc) is 2.91. The zero-order valence-electron chi connectivity index (χ0n) is 14.6. The lowest BCUT2D eigenvalue weighted by Gasteiger charge is -2.20. The van der Waals surface area contributed by atoms with Gasteiger partial charge in [-0.05, 0) is 42.0 Å². The number of likely N-dealkylation sites (N-methyl/N-ethyl adjacent to an activating group) is 1. The van der Waals surface area contributed by atoms with Crippen molar-refractivity contribution in [3.63, 3.8) is 0 Å². The van der Waals surface area contributed by atoms with Crippen molar-refractivity contribution in [1.82, 2.24) is 4.90 Å². The number of methoxy groups -OCH3 is 1. The molecule has 1 N–H and O–H groups in total. The van der Waals surface area contributed by atoms with Crippen LogP contribution < -0.4 is 4.74 Å². The highest BCUT2D eigenvalue weighted by Gasteiger charge is 2.44. The number of likely N-dealkylation sites (tertiary alicyclic amines) is 1. The normalized spacial score (nSPS) is 18.6. The number of hydrogen-bond donors (Lipinski definition) is 1. The highest BCUT2D eigenvalue weighted by molar-refractivity contribution is 6.46. The molecule has 0 aliphatic carbocycles. The van der Waals surface area contributed by atoms with E-state index >= 15 is 0 Å². The van der Waals surface area contributed by atoms with Crippen molar-refractivity contribution >= 4 is 23.1 Å². The monoisotopic (exact) mass is 368 g/mol. The highest BCUT2D eigenvalue weighted by Crippen LogP contribution is 2.38. The quantitative estimate of drug-likeness (QED) is 0.292. The molecule has 1 aliphatic heterocycles. The summed E-state index contributed by atoms with van der Waals surface area (Å²) in [7, 11) is 2.95. The summed E-state index contributed by atoms with van der Waals surface area (Å²) in [5, 5.41) is 21.5. The minimum Gasteiger partial charge on any atom is -0.507 e. The number of ether oxygens (including phenoxy) is 1. The molecule has 1 saturated heterocycles. The number of non-ortho nitro benzene ring substituents is 1. The molecule has 0 bridgehead atoms. The fraction of sp³-hybridized carbons (Fsp3) is 0.158. The molecule has 1 aliphatic rings. The molecule has 0 radical (unpaired) electrons. The van der Waals surface area contributed by atoms with Crippen LogP contribution in [0.15, 0.2) is 54.1 Å². The third kappa shape index (κ3) is 3.12. The van der Waals surface area contributed by atoms with E-state index in [-0.39, 0.29) is 17.0 Å². The van der Waals surface area contributed by atoms with Gasteiger partial charge in [0.15, 0.2) is 0 Å². The Hall–Kier alpha value is -3.68. The second-order valence-electron chi connectivity index (χ2n) is 5.99. The molecule has 0 unspecified atom stereocenters. The number of Topliss-reactive ketones (excluding diaryl/α,β-unsaturated/α-hetero) is 1. The number of carbonyl (C=O) groups is 2. The van der Waals surface area contributed by atoms with Crippen LogP contribution in [0.25, 0.3) is 5.76 Å². The highest BCUT2D eigenvalue weighted by atomic mass is 16.6. The zero-order chi connectivity index (χ0) is 19.7. The van der Waals surface area contributed by atoms with E-state index in [1.807, 2.05) is 0 Å². The number of nitro benzene ring substituents is 1. The van der Waals surface area contributed by atoms with Crippen molar-refractivity contribution in [3.8, 4) is 5.75 Å². The molecule has 2 aromatic rings.